The Labute approximate surface area is 208 Å². The first-order chi connectivity index (χ1) is 16.5. The third kappa shape index (κ3) is 5.32. The van der Waals surface area contributed by atoms with Crippen LogP contribution in [0.15, 0.2) is 71.6 Å². The highest BCUT2D eigenvalue weighted by atomic mass is 35.5. The molecule has 176 valence electrons. The largest absolute Gasteiger partial charge is 0.493 e. The van der Waals surface area contributed by atoms with Gasteiger partial charge >= 0.3 is 0 Å². The fraction of sp³-hybridized carbons (Fsp3) is 0.231. The van der Waals surface area contributed by atoms with Crippen LogP contribution in [-0.2, 0) is 16.1 Å². The van der Waals surface area contributed by atoms with Crippen molar-refractivity contribution >= 4 is 40.9 Å². The molecule has 1 aliphatic heterocycles. The lowest BCUT2D eigenvalue weighted by molar-refractivity contribution is -0.124. The summed E-state index contributed by atoms with van der Waals surface area (Å²) in [6, 6.07) is 20.7. The van der Waals surface area contributed by atoms with Gasteiger partial charge in [0.05, 0.1) is 19.9 Å². The van der Waals surface area contributed by atoms with E-state index in [2.05, 4.69) is 5.32 Å². The number of carbonyl (C=O) groups is 2. The van der Waals surface area contributed by atoms with Gasteiger partial charge in [-0.3, -0.25) is 9.59 Å². The molecule has 1 N–H and O–H groups in total. The van der Waals surface area contributed by atoms with Gasteiger partial charge < -0.3 is 19.7 Å². The second-order valence-electron chi connectivity index (χ2n) is 7.74. The SMILES string of the molecule is COc1ccc(C2CC(=O)N(CC(=O)NCc3ccccc3Cl)c3ccccc3S2)cc1OC. The molecule has 34 heavy (non-hydrogen) atoms. The lowest BCUT2D eigenvalue weighted by Gasteiger charge is -2.22. The molecule has 0 saturated carbocycles. The van der Waals surface area contributed by atoms with Gasteiger partial charge in [-0.25, -0.2) is 0 Å². The number of methoxy groups -OCH3 is 2. The fourth-order valence-corrected chi connectivity index (χ4v) is 5.30. The van der Waals surface area contributed by atoms with Gasteiger partial charge in [0.15, 0.2) is 11.5 Å². The molecule has 8 heteroatoms. The molecule has 1 unspecified atom stereocenters. The Hall–Kier alpha value is -3.16. The van der Waals surface area contributed by atoms with Crippen molar-refractivity contribution in [3.05, 3.63) is 82.9 Å². The van der Waals surface area contributed by atoms with Crippen LogP contribution in [0.5, 0.6) is 11.5 Å². The van der Waals surface area contributed by atoms with E-state index in [9.17, 15) is 9.59 Å². The third-order valence-corrected chi connectivity index (χ3v) is 7.29. The summed E-state index contributed by atoms with van der Waals surface area (Å²) in [7, 11) is 3.18. The van der Waals surface area contributed by atoms with E-state index in [0.29, 0.717) is 23.1 Å². The number of amides is 2. The van der Waals surface area contributed by atoms with Crippen molar-refractivity contribution in [3.8, 4) is 11.5 Å². The molecule has 6 nitrogen and oxygen atoms in total. The van der Waals surface area contributed by atoms with Crippen LogP contribution in [0.25, 0.3) is 0 Å². The average Bonchev–Trinajstić information content (AvgIpc) is 2.99. The normalized spacial score (nSPS) is 15.3. The Bertz CT molecular complexity index is 1200. The third-order valence-electron chi connectivity index (χ3n) is 5.60. The highest BCUT2D eigenvalue weighted by molar-refractivity contribution is 7.99. The molecule has 4 rings (SSSR count). The number of thioether (sulfide) groups is 1. The molecule has 0 fully saturated rings. The average molecular weight is 497 g/mol. The molecule has 3 aromatic rings. The van der Waals surface area contributed by atoms with Crippen molar-refractivity contribution in [2.75, 3.05) is 25.7 Å². The molecule has 1 aliphatic rings. The topological polar surface area (TPSA) is 67.9 Å². The van der Waals surface area contributed by atoms with Crippen LogP contribution >= 0.6 is 23.4 Å². The Morgan fingerprint density at radius 3 is 2.56 bits per heavy atom. The number of anilines is 1. The van der Waals surface area contributed by atoms with Crippen LogP contribution in [0.1, 0.15) is 22.8 Å². The lowest BCUT2D eigenvalue weighted by Crippen LogP contribution is -2.40. The van der Waals surface area contributed by atoms with Crippen LogP contribution < -0.4 is 19.7 Å². The van der Waals surface area contributed by atoms with Gasteiger partial charge in [0, 0.05) is 28.1 Å². The van der Waals surface area contributed by atoms with Crippen molar-refractivity contribution in [2.45, 2.75) is 23.1 Å². The zero-order valence-corrected chi connectivity index (χ0v) is 20.5. The van der Waals surface area contributed by atoms with E-state index in [1.54, 1.807) is 36.9 Å². The minimum atomic E-state index is -0.252. The number of hydrogen-bond acceptors (Lipinski definition) is 5. The molecule has 0 bridgehead atoms. The van der Waals surface area contributed by atoms with Crippen LogP contribution in [0.4, 0.5) is 5.69 Å². The molecule has 0 radical (unpaired) electrons. The Balaban J connectivity index is 1.54. The minimum Gasteiger partial charge on any atom is -0.493 e. The van der Waals surface area contributed by atoms with Gasteiger partial charge in [-0.2, -0.15) is 0 Å². The number of fused-ring (bicyclic) bond motifs is 1. The van der Waals surface area contributed by atoms with E-state index < -0.39 is 0 Å². The first kappa shape index (κ1) is 24.0. The summed E-state index contributed by atoms with van der Waals surface area (Å²) in [6.45, 7) is 0.227. The Kier molecular flexibility index (Phi) is 7.65. The maximum Gasteiger partial charge on any atom is 0.240 e. The van der Waals surface area contributed by atoms with Gasteiger partial charge in [0.1, 0.15) is 6.54 Å². The van der Waals surface area contributed by atoms with Crippen molar-refractivity contribution in [3.63, 3.8) is 0 Å². The summed E-state index contributed by atoms with van der Waals surface area (Å²) >= 11 is 7.79. The maximum atomic E-state index is 13.4. The molecule has 0 aromatic heterocycles. The van der Waals surface area contributed by atoms with E-state index in [-0.39, 0.29) is 30.0 Å². The second-order valence-corrected chi connectivity index (χ2v) is 9.39. The fourth-order valence-electron chi connectivity index (χ4n) is 3.83. The van der Waals surface area contributed by atoms with Crippen LogP contribution in [0.2, 0.25) is 5.02 Å². The number of halogens is 1. The van der Waals surface area contributed by atoms with Crippen molar-refractivity contribution in [2.24, 2.45) is 0 Å². The molecular weight excluding hydrogens is 472 g/mol. The number of nitrogens with one attached hydrogen (secondary N) is 1. The van der Waals surface area contributed by atoms with Crippen molar-refractivity contribution in [1.29, 1.82) is 0 Å². The molecule has 0 spiro atoms. The van der Waals surface area contributed by atoms with Crippen molar-refractivity contribution < 1.29 is 19.1 Å². The number of rotatable bonds is 7. The van der Waals surface area contributed by atoms with Crippen molar-refractivity contribution in [1.82, 2.24) is 5.32 Å². The van der Waals surface area contributed by atoms with Gasteiger partial charge in [-0.1, -0.05) is 48.0 Å². The summed E-state index contributed by atoms with van der Waals surface area (Å²) < 4.78 is 10.8. The smallest absolute Gasteiger partial charge is 0.240 e. The molecule has 3 aromatic carbocycles. The summed E-state index contributed by atoms with van der Waals surface area (Å²) in [5.74, 6) is 0.873. The van der Waals surface area contributed by atoms with Gasteiger partial charge in [-0.15, -0.1) is 11.8 Å². The number of nitrogens with zero attached hydrogens (tertiary/aromatic N) is 1. The molecule has 2 amide bonds. The first-order valence-electron chi connectivity index (χ1n) is 10.8. The highest BCUT2D eigenvalue weighted by Gasteiger charge is 2.30. The summed E-state index contributed by atoms with van der Waals surface area (Å²) in [4.78, 5) is 28.6. The highest BCUT2D eigenvalue weighted by Crippen LogP contribution is 2.46. The van der Waals surface area contributed by atoms with Crippen LogP contribution in [0.3, 0.4) is 0 Å². The van der Waals surface area contributed by atoms with E-state index in [1.807, 2.05) is 60.7 Å². The monoisotopic (exact) mass is 496 g/mol. The molecule has 0 aliphatic carbocycles. The number of para-hydroxylation sites is 1. The number of ether oxygens (including phenoxy) is 2. The standard InChI is InChI=1S/C26H25ClN2O4S/c1-32-21-12-11-17(13-22(21)33-2)24-14-26(31)29(20-9-5-6-10-23(20)34-24)16-25(30)28-15-18-7-3-4-8-19(18)27/h3-13,24H,14-16H2,1-2H3,(H,28,30). The Morgan fingerprint density at radius 2 is 1.79 bits per heavy atom. The zero-order chi connectivity index (χ0) is 24.1. The maximum absolute atomic E-state index is 13.4. The summed E-state index contributed by atoms with van der Waals surface area (Å²) in [5, 5.41) is 3.33. The second kappa shape index (κ2) is 10.8. The van der Waals surface area contributed by atoms with E-state index in [4.69, 9.17) is 21.1 Å². The van der Waals surface area contributed by atoms with Gasteiger partial charge in [0.25, 0.3) is 0 Å². The zero-order valence-electron chi connectivity index (χ0n) is 18.9. The molecule has 1 atom stereocenters. The predicted octanol–water partition coefficient (Wildman–Crippen LogP) is 5.24. The minimum absolute atomic E-state index is 0.0699. The summed E-state index contributed by atoms with van der Waals surface area (Å²) in [6.07, 6.45) is 0.243. The van der Waals surface area contributed by atoms with Crippen LogP contribution in [0, 0.1) is 0 Å². The van der Waals surface area contributed by atoms with Gasteiger partial charge in [0.2, 0.25) is 11.8 Å². The van der Waals surface area contributed by atoms with Crippen LogP contribution in [-0.4, -0.2) is 32.6 Å². The molecule has 0 saturated heterocycles. The van der Waals surface area contributed by atoms with Gasteiger partial charge in [-0.05, 0) is 41.5 Å². The molecule has 1 heterocycles. The first-order valence-corrected chi connectivity index (χ1v) is 12.0. The number of hydrogen-bond donors (Lipinski definition) is 1. The van der Waals surface area contributed by atoms with E-state index in [0.717, 1.165) is 21.7 Å². The quantitative estimate of drug-likeness (QED) is 0.484. The Morgan fingerprint density at radius 1 is 1.06 bits per heavy atom. The predicted molar refractivity (Wildman–Crippen MR) is 135 cm³/mol. The molecular formula is C26H25ClN2O4S. The van der Waals surface area contributed by atoms with E-state index >= 15 is 0 Å². The number of carbonyl (C=O) groups excluding carboxylic acids is 2. The summed E-state index contributed by atoms with van der Waals surface area (Å²) in [5.41, 5.74) is 2.51. The van der Waals surface area contributed by atoms with E-state index in [1.165, 1.54) is 0 Å². The lowest BCUT2D eigenvalue weighted by atomic mass is 10.1. The number of benzene rings is 3.